The molecule has 29 heavy (non-hydrogen) atoms. The average Bonchev–Trinajstić information content (AvgIpc) is 2.98. The number of sulfonamides is 2. The highest BCUT2D eigenvalue weighted by atomic mass is 32.2. The molecular weight excluding hydrogens is 419 g/mol. The Bertz CT molecular complexity index is 1060. The van der Waals surface area contributed by atoms with Crippen LogP contribution in [0.5, 0.6) is 5.75 Å². The Balaban J connectivity index is 1.78. The first-order valence-electron chi connectivity index (χ1n) is 9.20. The van der Waals surface area contributed by atoms with Crippen molar-refractivity contribution in [3.8, 4) is 5.75 Å². The molecule has 10 heteroatoms. The van der Waals surface area contributed by atoms with Crippen molar-refractivity contribution in [2.24, 2.45) is 0 Å². The Hall–Kier alpha value is -2.17. The van der Waals surface area contributed by atoms with Gasteiger partial charge in [0.05, 0.1) is 16.9 Å². The van der Waals surface area contributed by atoms with E-state index < -0.39 is 25.9 Å². The summed E-state index contributed by atoms with van der Waals surface area (Å²) in [6.45, 7) is 0.972. The number of hydrogen-bond donors (Lipinski definition) is 1. The van der Waals surface area contributed by atoms with Crippen molar-refractivity contribution in [1.82, 2.24) is 4.31 Å². The molecule has 0 atom stereocenters. The van der Waals surface area contributed by atoms with Gasteiger partial charge < -0.3 is 4.74 Å². The molecule has 0 aromatic heterocycles. The van der Waals surface area contributed by atoms with Crippen LogP contribution in [0.3, 0.4) is 0 Å². The molecule has 1 aliphatic rings. The van der Waals surface area contributed by atoms with E-state index in [1.165, 1.54) is 47.8 Å². The molecule has 158 valence electrons. The quantitative estimate of drug-likeness (QED) is 0.742. The Labute approximate surface area is 170 Å². The van der Waals surface area contributed by atoms with Gasteiger partial charge in [0, 0.05) is 18.8 Å². The van der Waals surface area contributed by atoms with E-state index in [4.69, 9.17) is 4.74 Å². The molecule has 1 heterocycles. The molecule has 1 fully saturated rings. The fourth-order valence-corrected chi connectivity index (χ4v) is 5.74. The normalized spacial score (nSPS) is 16.2. The number of benzene rings is 2. The number of nitrogens with one attached hydrogen (secondary N) is 1. The summed E-state index contributed by atoms with van der Waals surface area (Å²) >= 11 is 0. The Morgan fingerprint density at radius 1 is 0.897 bits per heavy atom. The van der Waals surface area contributed by atoms with Gasteiger partial charge in [-0.1, -0.05) is 12.8 Å². The molecule has 1 N–H and O–H groups in total. The van der Waals surface area contributed by atoms with Gasteiger partial charge in [0.1, 0.15) is 0 Å². The summed E-state index contributed by atoms with van der Waals surface area (Å²) in [5.74, 6) is -0.860. The summed E-state index contributed by atoms with van der Waals surface area (Å²) in [4.78, 5) is -0.157. The first kappa shape index (κ1) is 21.5. The largest absolute Gasteiger partial charge is 0.494 e. The van der Waals surface area contributed by atoms with Gasteiger partial charge in [-0.3, -0.25) is 4.72 Å². The van der Waals surface area contributed by atoms with Crippen LogP contribution in [0.25, 0.3) is 0 Å². The van der Waals surface area contributed by atoms with Crippen LogP contribution in [0.2, 0.25) is 0 Å². The van der Waals surface area contributed by atoms with Gasteiger partial charge in [-0.15, -0.1) is 0 Å². The van der Waals surface area contributed by atoms with Gasteiger partial charge in [0.15, 0.2) is 11.6 Å². The molecule has 0 radical (unpaired) electrons. The highest BCUT2D eigenvalue weighted by Gasteiger charge is 2.25. The predicted octanol–water partition coefficient (Wildman–Crippen LogP) is 3.20. The predicted molar refractivity (Wildman–Crippen MR) is 107 cm³/mol. The lowest BCUT2D eigenvalue weighted by Crippen LogP contribution is -2.31. The summed E-state index contributed by atoms with van der Waals surface area (Å²) in [5.41, 5.74) is 0.177. The maximum Gasteiger partial charge on any atom is 0.262 e. The van der Waals surface area contributed by atoms with Crippen LogP contribution in [0.1, 0.15) is 25.7 Å². The molecule has 2 aromatic rings. The van der Waals surface area contributed by atoms with Gasteiger partial charge in [0.25, 0.3) is 10.0 Å². The lowest BCUT2D eigenvalue weighted by molar-refractivity contribution is 0.385. The van der Waals surface area contributed by atoms with Crippen LogP contribution in [-0.4, -0.2) is 41.3 Å². The summed E-state index contributed by atoms with van der Waals surface area (Å²) in [6.07, 6.45) is 3.68. The van der Waals surface area contributed by atoms with E-state index in [1.54, 1.807) is 0 Å². The number of ether oxygens (including phenoxy) is 1. The molecular formula is C19H23FN2O5S2. The number of hydrogen-bond acceptors (Lipinski definition) is 5. The molecule has 1 aliphatic heterocycles. The fourth-order valence-electron chi connectivity index (χ4n) is 3.15. The van der Waals surface area contributed by atoms with E-state index in [9.17, 15) is 21.2 Å². The second-order valence-corrected chi connectivity index (χ2v) is 10.4. The summed E-state index contributed by atoms with van der Waals surface area (Å²) < 4.78 is 72.9. The van der Waals surface area contributed by atoms with Crippen LogP contribution in [0.4, 0.5) is 10.1 Å². The molecule has 0 unspecified atom stereocenters. The van der Waals surface area contributed by atoms with E-state index in [1.807, 2.05) is 0 Å². The Kier molecular flexibility index (Phi) is 6.45. The van der Waals surface area contributed by atoms with Crippen LogP contribution < -0.4 is 9.46 Å². The first-order chi connectivity index (χ1) is 13.7. The highest BCUT2D eigenvalue weighted by Crippen LogP contribution is 2.25. The number of nitrogens with zero attached hydrogens (tertiary/aromatic N) is 1. The zero-order valence-corrected chi connectivity index (χ0v) is 17.6. The van der Waals surface area contributed by atoms with Gasteiger partial charge in [-0.2, -0.15) is 4.31 Å². The van der Waals surface area contributed by atoms with Crippen molar-refractivity contribution >= 4 is 25.7 Å². The fraction of sp³-hybridized carbons (Fsp3) is 0.368. The van der Waals surface area contributed by atoms with E-state index in [0.717, 1.165) is 31.7 Å². The van der Waals surface area contributed by atoms with Crippen LogP contribution in [-0.2, 0) is 20.0 Å². The number of rotatable bonds is 6. The number of methoxy groups -OCH3 is 1. The zero-order valence-electron chi connectivity index (χ0n) is 16.0. The smallest absolute Gasteiger partial charge is 0.262 e. The monoisotopic (exact) mass is 442 g/mol. The summed E-state index contributed by atoms with van der Waals surface area (Å²) in [6, 6.07) is 8.80. The standard InChI is InChI=1S/C19H23FN2O5S2/c1-27-19-11-10-17(14-18(19)20)28(23,24)21-15-6-8-16(9-7-15)29(25,26)22-12-4-2-3-5-13-22/h6-11,14,21H,2-5,12-13H2,1H3. The van der Waals surface area contributed by atoms with Crippen molar-refractivity contribution in [2.75, 3.05) is 24.9 Å². The van der Waals surface area contributed by atoms with Crippen LogP contribution >= 0.6 is 0 Å². The number of halogens is 1. The van der Waals surface area contributed by atoms with Gasteiger partial charge >= 0.3 is 0 Å². The van der Waals surface area contributed by atoms with Gasteiger partial charge in [0.2, 0.25) is 10.0 Å². The molecule has 1 saturated heterocycles. The van der Waals surface area contributed by atoms with E-state index in [0.29, 0.717) is 13.1 Å². The molecule has 0 spiro atoms. The zero-order chi connectivity index (χ0) is 21.1. The third kappa shape index (κ3) is 4.88. The third-order valence-corrected chi connectivity index (χ3v) is 8.03. The van der Waals surface area contributed by atoms with Crippen molar-refractivity contribution < 1.29 is 26.0 Å². The molecule has 2 aromatic carbocycles. The van der Waals surface area contributed by atoms with Gasteiger partial charge in [-0.05, 0) is 55.3 Å². The summed E-state index contributed by atoms with van der Waals surface area (Å²) in [7, 11) is -6.37. The van der Waals surface area contributed by atoms with Crippen LogP contribution in [0, 0.1) is 5.82 Å². The summed E-state index contributed by atoms with van der Waals surface area (Å²) in [5, 5.41) is 0. The number of anilines is 1. The van der Waals surface area contributed by atoms with E-state index in [-0.39, 0.29) is 21.2 Å². The van der Waals surface area contributed by atoms with Crippen molar-refractivity contribution in [2.45, 2.75) is 35.5 Å². The molecule has 3 rings (SSSR count). The molecule has 0 aliphatic carbocycles. The van der Waals surface area contributed by atoms with Crippen molar-refractivity contribution in [3.05, 3.63) is 48.3 Å². The van der Waals surface area contributed by atoms with Crippen LogP contribution in [0.15, 0.2) is 52.3 Å². The Morgan fingerprint density at radius 3 is 2.03 bits per heavy atom. The lowest BCUT2D eigenvalue weighted by Gasteiger charge is -2.20. The molecule has 0 bridgehead atoms. The minimum atomic E-state index is -4.04. The van der Waals surface area contributed by atoms with Crippen molar-refractivity contribution in [1.29, 1.82) is 0 Å². The van der Waals surface area contributed by atoms with Gasteiger partial charge in [-0.25, -0.2) is 21.2 Å². The molecule has 0 amide bonds. The second-order valence-electron chi connectivity index (χ2n) is 6.74. The minimum absolute atomic E-state index is 0.0629. The molecule has 0 saturated carbocycles. The highest BCUT2D eigenvalue weighted by molar-refractivity contribution is 7.92. The topological polar surface area (TPSA) is 92.8 Å². The first-order valence-corrected chi connectivity index (χ1v) is 12.1. The second kappa shape index (κ2) is 8.68. The maximum atomic E-state index is 13.8. The van der Waals surface area contributed by atoms with E-state index >= 15 is 0 Å². The minimum Gasteiger partial charge on any atom is -0.494 e. The molecule has 7 nitrogen and oxygen atoms in total. The van der Waals surface area contributed by atoms with Crippen molar-refractivity contribution in [3.63, 3.8) is 0 Å². The SMILES string of the molecule is COc1ccc(S(=O)(=O)Nc2ccc(S(=O)(=O)N3CCCCCC3)cc2)cc1F. The van der Waals surface area contributed by atoms with E-state index in [2.05, 4.69) is 4.72 Å². The maximum absolute atomic E-state index is 13.8. The Morgan fingerprint density at radius 2 is 1.48 bits per heavy atom. The average molecular weight is 443 g/mol. The third-order valence-electron chi connectivity index (χ3n) is 4.74. The lowest BCUT2D eigenvalue weighted by atomic mass is 10.2.